The maximum atomic E-state index is 5.68. The zero-order valence-electron chi connectivity index (χ0n) is 10.7. The minimum Gasteiger partial charge on any atom is -0.381 e. The van der Waals surface area contributed by atoms with Gasteiger partial charge in [-0.15, -0.1) is 0 Å². The van der Waals surface area contributed by atoms with Crippen LogP contribution in [0, 0.1) is 5.92 Å². The number of ether oxygens (including phenoxy) is 1. The summed E-state index contributed by atoms with van der Waals surface area (Å²) >= 11 is 0. The van der Waals surface area contributed by atoms with Gasteiger partial charge in [0.2, 0.25) is 0 Å². The lowest BCUT2D eigenvalue weighted by Crippen LogP contribution is -2.23. The third kappa shape index (κ3) is 3.08. The van der Waals surface area contributed by atoms with E-state index in [-0.39, 0.29) is 0 Å². The summed E-state index contributed by atoms with van der Waals surface area (Å²) in [4.78, 5) is 0. The van der Waals surface area contributed by atoms with Crippen LogP contribution in [0.3, 0.4) is 0 Å². The average molecular weight is 233 g/mol. The molecule has 0 bridgehead atoms. The number of benzene rings is 1. The monoisotopic (exact) mass is 233 g/mol. The molecule has 1 saturated heterocycles. The standard InChI is InChI=1S/C15H23NO/c1-12(14-6-4-10-17-11-14)15-7-3-2-5-13(15)8-9-16/h2-3,5,7,12,14H,4,6,8-11,16H2,1H3. The van der Waals surface area contributed by atoms with E-state index in [0.717, 1.165) is 26.2 Å². The SMILES string of the molecule is CC(c1ccccc1CCN)C1CCCOC1. The first-order chi connectivity index (χ1) is 8.33. The lowest BCUT2D eigenvalue weighted by Gasteiger charge is -2.29. The molecule has 1 heterocycles. The van der Waals surface area contributed by atoms with Crippen molar-refractivity contribution in [1.29, 1.82) is 0 Å². The Hall–Kier alpha value is -0.860. The second-order valence-electron chi connectivity index (χ2n) is 5.00. The van der Waals surface area contributed by atoms with E-state index in [4.69, 9.17) is 10.5 Å². The second-order valence-corrected chi connectivity index (χ2v) is 5.00. The topological polar surface area (TPSA) is 35.2 Å². The molecule has 2 heteroatoms. The van der Waals surface area contributed by atoms with Gasteiger partial charge in [0.1, 0.15) is 0 Å². The summed E-state index contributed by atoms with van der Waals surface area (Å²) in [5, 5.41) is 0. The fourth-order valence-electron chi connectivity index (χ4n) is 2.78. The highest BCUT2D eigenvalue weighted by Crippen LogP contribution is 2.32. The highest BCUT2D eigenvalue weighted by Gasteiger charge is 2.23. The van der Waals surface area contributed by atoms with Crippen molar-refractivity contribution in [1.82, 2.24) is 0 Å². The second kappa shape index (κ2) is 6.18. The minimum atomic E-state index is 0.582. The summed E-state index contributed by atoms with van der Waals surface area (Å²) in [6, 6.07) is 8.71. The lowest BCUT2D eigenvalue weighted by atomic mass is 9.81. The predicted molar refractivity (Wildman–Crippen MR) is 71.2 cm³/mol. The first-order valence-electron chi connectivity index (χ1n) is 6.68. The molecule has 1 aliphatic heterocycles. The van der Waals surface area contributed by atoms with E-state index in [1.807, 2.05) is 0 Å². The Kier molecular flexibility index (Phi) is 4.57. The molecular weight excluding hydrogens is 210 g/mol. The molecule has 17 heavy (non-hydrogen) atoms. The molecule has 1 aliphatic rings. The van der Waals surface area contributed by atoms with Crippen molar-refractivity contribution < 1.29 is 4.74 Å². The van der Waals surface area contributed by atoms with Crippen LogP contribution in [0.1, 0.15) is 36.8 Å². The van der Waals surface area contributed by atoms with Crippen LogP contribution in [-0.2, 0) is 11.2 Å². The van der Waals surface area contributed by atoms with Crippen LogP contribution >= 0.6 is 0 Å². The Balaban J connectivity index is 2.14. The Morgan fingerprint density at radius 2 is 2.24 bits per heavy atom. The maximum Gasteiger partial charge on any atom is 0.0500 e. The van der Waals surface area contributed by atoms with Crippen molar-refractivity contribution in [2.75, 3.05) is 19.8 Å². The summed E-state index contributed by atoms with van der Waals surface area (Å²) < 4.78 is 5.60. The molecule has 1 aromatic carbocycles. The van der Waals surface area contributed by atoms with Crippen molar-refractivity contribution in [3.63, 3.8) is 0 Å². The van der Waals surface area contributed by atoms with Crippen LogP contribution in [0.5, 0.6) is 0 Å². The smallest absolute Gasteiger partial charge is 0.0500 e. The molecule has 1 aromatic rings. The van der Waals surface area contributed by atoms with Crippen LogP contribution in [0.4, 0.5) is 0 Å². The van der Waals surface area contributed by atoms with Crippen molar-refractivity contribution in [3.05, 3.63) is 35.4 Å². The van der Waals surface area contributed by atoms with Crippen LogP contribution in [0.15, 0.2) is 24.3 Å². The summed E-state index contributed by atoms with van der Waals surface area (Å²) in [5.41, 5.74) is 8.56. The summed E-state index contributed by atoms with van der Waals surface area (Å²) in [6.45, 7) is 4.91. The van der Waals surface area contributed by atoms with E-state index in [1.54, 1.807) is 0 Å². The molecule has 2 rings (SSSR count). The van der Waals surface area contributed by atoms with Gasteiger partial charge < -0.3 is 10.5 Å². The highest BCUT2D eigenvalue weighted by atomic mass is 16.5. The van der Waals surface area contributed by atoms with Gasteiger partial charge in [0, 0.05) is 13.2 Å². The van der Waals surface area contributed by atoms with E-state index in [9.17, 15) is 0 Å². The fraction of sp³-hybridized carbons (Fsp3) is 0.600. The fourth-order valence-corrected chi connectivity index (χ4v) is 2.78. The summed E-state index contributed by atoms with van der Waals surface area (Å²) in [5.74, 6) is 1.25. The summed E-state index contributed by atoms with van der Waals surface area (Å²) in [7, 11) is 0. The molecule has 0 spiro atoms. The van der Waals surface area contributed by atoms with Gasteiger partial charge in [0.05, 0.1) is 0 Å². The number of nitrogens with two attached hydrogens (primary N) is 1. The van der Waals surface area contributed by atoms with E-state index >= 15 is 0 Å². The Morgan fingerprint density at radius 1 is 1.41 bits per heavy atom. The van der Waals surface area contributed by atoms with Crippen molar-refractivity contribution in [2.24, 2.45) is 11.7 Å². The molecule has 2 unspecified atom stereocenters. The van der Waals surface area contributed by atoms with E-state index in [2.05, 4.69) is 31.2 Å². The van der Waals surface area contributed by atoms with E-state index < -0.39 is 0 Å². The molecule has 2 atom stereocenters. The molecule has 0 aliphatic carbocycles. The van der Waals surface area contributed by atoms with Crippen molar-refractivity contribution in [2.45, 2.75) is 32.1 Å². The quantitative estimate of drug-likeness (QED) is 0.868. The number of hydrogen-bond acceptors (Lipinski definition) is 2. The van der Waals surface area contributed by atoms with Crippen LogP contribution in [0.2, 0.25) is 0 Å². The molecule has 0 radical (unpaired) electrons. The van der Waals surface area contributed by atoms with E-state index in [1.165, 1.54) is 24.0 Å². The highest BCUT2D eigenvalue weighted by molar-refractivity contribution is 5.31. The zero-order valence-corrected chi connectivity index (χ0v) is 10.7. The maximum absolute atomic E-state index is 5.68. The first-order valence-corrected chi connectivity index (χ1v) is 6.68. The van der Waals surface area contributed by atoms with Gasteiger partial charge in [-0.3, -0.25) is 0 Å². The third-order valence-corrected chi connectivity index (χ3v) is 3.86. The van der Waals surface area contributed by atoms with Crippen LogP contribution in [0.25, 0.3) is 0 Å². The zero-order chi connectivity index (χ0) is 12.1. The Morgan fingerprint density at radius 3 is 2.94 bits per heavy atom. The first kappa shape index (κ1) is 12.6. The van der Waals surface area contributed by atoms with Gasteiger partial charge in [-0.25, -0.2) is 0 Å². The Bertz CT molecular complexity index is 345. The van der Waals surface area contributed by atoms with Gasteiger partial charge in [-0.05, 0) is 48.8 Å². The van der Waals surface area contributed by atoms with Gasteiger partial charge in [-0.2, -0.15) is 0 Å². The van der Waals surface area contributed by atoms with Gasteiger partial charge in [-0.1, -0.05) is 31.2 Å². The number of rotatable bonds is 4. The van der Waals surface area contributed by atoms with Crippen molar-refractivity contribution >= 4 is 0 Å². The lowest BCUT2D eigenvalue weighted by molar-refractivity contribution is 0.0462. The molecule has 0 aromatic heterocycles. The molecule has 94 valence electrons. The molecule has 0 saturated carbocycles. The Labute approximate surface area is 104 Å². The van der Waals surface area contributed by atoms with E-state index in [0.29, 0.717) is 11.8 Å². The minimum absolute atomic E-state index is 0.582. The molecule has 1 fully saturated rings. The van der Waals surface area contributed by atoms with Gasteiger partial charge in [0.25, 0.3) is 0 Å². The molecular formula is C15H23NO. The largest absolute Gasteiger partial charge is 0.381 e. The molecule has 2 nitrogen and oxygen atoms in total. The van der Waals surface area contributed by atoms with Crippen LogP contribution < -0.4 is 5.73 Å². The molecule has 2 N–H and O–H groups in total. The van der Waals surface area contributed by atoms with Crippen molar-refractivity contribution in [3.8, 4) is 0 Å². The predicted octanol–water partition coefficient (Wildman–Crippen LogP) is 2.72. The normalized spacial score (nSPS) is 22.4. The van der Waals surface area contributed by atoms with Crippen LogP contribution in [-0.4, -0.2) is 19.8 Å². The number of hydrogen-bond donors (Lipinski definition) is 1. The van der Waals surface area contributed by atoms with Gasteiger partial charge in [0.15, 0.2) is 0 Å². The average Bonchev–Trinajstić information content (AvgIpc) is 2.40. The summed E-state index contributed by atoms with van der Waals surface area (Å²) in [6.07, 6.45) is 3.47. The van der Waals surface area contributed by atoms with Gasteiger partial charge >= 0.3 is 0 Å². The molecule has 0 amide bonds. The third-order valence-electron chi connectivity index (χ3n) is 3.86.